The average Bonchev–Trinajstić information content (AvgIpc) is 3.21. The predicted molar refractivity (Wildman–Crippen MR) is 121 cm³/mol. The van der Waals surface area contributed by atoms with E-state index in [1.807, 2.05) is 37.3 Å². The summed E-state index contributed by atoms with van der Waals surface area (Å²) in [4.78, 5) is 26.2. The Bertz CT molecular complexity index is 1370. The molecule has 0 radical (unpaired) electrons. The van der Waals surface area contributed by atoms with Gasteiger partial charge in [-0.3, -0.25) is 9.89 Å². The average molecular weight is 450 g/mol. The van der Waals surface area contributed by atoms with Gasteiger partial charge in [-0.25, -0.2) is 4.79 Å². The van der Waals surface area contributed by atoms with Crippen molar-refractivity contribution in [2.24, 2.45) is 0 Å². The number of aromatic nitrogens is 2. The second-order valence-electron chi connectivity index (χ2n) is 7.80. The minimum atomic E-state index is -0.413. The molecule has 5 rings (SSSR count). The van der Waals surface area contributed by atoms with Gasteiger partial charge in [0.1, 0.15) is 11.3 Å². The smallest absolute Gasteiger partial charge is 0.336 e. The maximum atomic E-state index is 12.8. The van der Waals surface area contributed by atoms with E-state index in [0.29, 0.717) is 35.9 Å². The van der Waals surface area contributed by atoms with Crippen LogP contribution in [0.5, 0.6) is 5.75 Å². The van der Waals surface area contributed by atoms with Crippen molar-refractivity contribution in [3.8, 4) is 17.0 Å². The first-order valence-electron chi connectivity index (χ1n) is 10.2. The van der Waals surface area contributed by atoms with Crippen molar-refractivity contribution in [2.75, 3.05) is 13.2 Å². The number of aryl methyl sites for hydroxylation is 1. The molecule has 0 bridgehead atoms. The summed E-state index contributed by atoms with van der Waals surface area (Å²) in [7, 11) is 0. The molecular formula is C24H20ClN3O4. The molecule has 3 heterocycles. The summed E-state index contributed by atoms with van der Waals surface area (Å²) in [6.45, 7) is 2.79. The first-order chi connectivity index (χ1) is 15.5. The molecule has 2 aromatic carbocycles. The number of fused-ring (bicyclic) bond motifs is 2. The number of carbonyl (C=O) groups is 1. The molecule has 32 heavy (non-hydrogen) atoms. The zero-order valence-electron chi connectivity index (χ0n) is 17.4. The van der Waals surface area contributed by atoms with Crippen LogP contribution in [0, 0.1) is 6.92 Å². The molecule has 7 nitrogen and oxygen atoms in total. The predicted octanol–water partition coefficient (Wildman–Crippen LogP) is 4.11. The maximum Gasteiger partial charge on any atom is 0.336 e. The van der Waals surface area contributed by atoms with Gasteiger partial charge < -0.3 is 14.1 Å². The molecule has 0 saturated heterocycles. The number of hydrogen-bond acceptors (Lipinski definition) is 5. The third kappa shape index (κ3) is 3.87. The normalized spacial score (nSPS) is 13.2. The number of nitrogens with zero attached hydrogens (tertiary/aromatic N) is 2. The Kier molecular flexibility index (Phi) is 5.19. The van der Waals surface area contributed by atoms with Crippen LogP contribution in [-0.4, -0.2) is 34.2 Å². The zero-order chi connectivity index (χ0) is 22.2. The molecule has 0 fully saturated rings. The quantitative estimate of drug-likeness (QED) is 0.474. The van der Waals surface area contributed by atoms with E-state index in [1.54, 1.807) is 17.0 Å². The van der Waals surface area contributed by atoms with Crippen LogP contribution in [-0.2, 0) is 17.8 Å². The Labute approximate surface area is 188 Å². The highest BCUT2D eigenvalue weighted by atomic mass is 35.5. The van der Waals surface area contributed by atoms with Gasteiger partial charge in [-0.2, -0.15) is 5.10 Å². The molecule has 0 atom stereocenters. The van der Waals surface area contributed by atoms with Crippen LogP contribution in [0.2, 0.25) is 5.02 Å². The van der Waals surface area contributed by atoms with E-state index >= 15 is 0 Å². The van der Waals surface area contributed by atoms with Crippen LogP contribution >= 0.6 is 11.6 Å². The molecule has 0 spiro atoms. The number of nitrogens with one attached hydrogen (secondary N) is 1. The lowest BCUT2D eigenvalue weighted by Gasteiger charge is -2.27. The van der Waals surface area contributed by atoms with Crippen LogP contribution in [0.3, 0.4) is 0 Å². The number of carbonyl (C=O) groups excluding carboxylic acids is 1. The highest BCUT2D eigenvalue weighted by Gasteiger charge is 2.26. The van der Waals surface area contributed by atoms with Gasteiger partial charge in [-0.1, -0.05) is 23.7 Å². The highest BCUT2D eigenvalue weighted by Crippen LogP contribution is 2.29. The SMILES string of the molecule is Cc1cc(=O)oc2cc(OCC(=O)N3CCc4[nH]nc(-c5ccc(Cl)cc5)c4C3)ccc12. The number of hydrogen-bond donors (Lipinski definition) is 1. The number of H-pyrrole nitrogens is 1. The fourth-order valence-electron chi connectivity index (χ4n) is 3.99. The summed E-state index contributed by atoms with van der Waals surface area (Å²) in [6.07, 6.45) is 0.696. The summed E-state index contributed by atoms with van der Waals surface area (Å²) in [6, 6.07) is 14.2. The standard InChI is InChI=1S/C24H20ClN3O4/c1-14-10-23(30)32-21-11-17(6-7-18(14)21)31-13-22(29)28-9-8-20-19(12-28)24(27-26-20)15-2-4-16(25)5-3-15/h2-7,10-11H,8-9,12-13H2,1H3,(H,26,27). The second-order valence-corrected chi connectivity index (χ2v) is 8.23. The van der Waals surface area contributed by atoms with Gasteiger partial charge in [0.2, 0.25) is 0 Å². The van der Waals surface area contributed by atoms with Gasteiger partial charge >= 0.3 is 5.63 Å². The van der Waals surface area contributed by atoms with Crippen LogP contribution < -0.4 is 10.4 Å². The lowest BCUT2D eigenvalue weighted by Crippen LogP contribution is -2.38. The van der Waals surface area contributed by atoms with Crippen molar-refractivity contribution in [3.05, 3.63) is 80.8 Å². The molecule has 1 aliphatic heterocycles. The fourth-order valence-corrected chi connectivity index (χ4v) is 4.11. The number of rotatable bonds is 4. The zero-order valence-corrected chi connectivity index (χ0v) is 18.1. The van der Waals surface area contributed by atoms with Crippen LogP contribution in [0.4, 0.5) is 0 Å². The highest BCUT2D eigenvalue weighted by molar-refractivity contribution is 6.30. The van der Waals surface area contributed by atoms with Crippen molar-refractivity contribution >= 4 is 28.5 Å². The van der Waals surface area contributed by atoms with Crippen molar-refractivity contribution in [1.82, 2.24) is 15.1 Å². The first-order valence-corrected chi connectivity index (χ1v) is 10.6. The number of aromatic amines is 1. The Morgan fingerprint density at radius 1 is 1.22 bits per heavy atom. The monoisotopic (exact) mass is 449 g/mol. The molecule has 2 aromatic heterocycles. The molecule has 1 aliphatic rings. The number of halogens is 1. The van der Waals surface area contributed by atoms with Gasteiger partial charge in [0.15, 0.2) is 6.61 Å². The Morgan fingerprint density at radius 2 is 2.03 bits per heavy atom. The van der Waals surface area contributed by atoms with E-state index in [1.165, 1.54) is 6.07 Å². The molecule has 0 saturated carbocycles. The fraction of sp³-hybridized carbons (Fsp3) is 0.208. The van der Waals surface area contributed by atoms with E-state index in [4.69, 9.17) is 20.8 Å². The van der Waals surface area contributed by atoms with Crippen molar-refractivity contribution in [2.45, 2.75) is 19.9 Å². The van der Waals surface area contributed by atoms with E-state index in [2.05, 4.69) is 10.2 Å². The minimum absolute atomic E-state index is 0.106. The Morgan fingerprint density at radius 3 is 2.84 bits per heavy atom. The van der Waals surface area contributed by atoms with Crippen molar-refractivity contribution in [1.29, 1.82) is 0 Å². The summed E-state index contributed by atoms with van der Waals surface area (Å²) in [5, 5.41) is 9.05. The van der Waals surface area contributed by atoms with Gasteiger partial charge in [0.25, 0.3) is 5.91 Å². The first kappa shape index (κ1) is 20.3. The van der Waals surface area contributed by atoms with E-state index < -0.39 is 5.63 Å². The molecule has 0 aliphatic carbocycles. The van der Waals surface area contributed by atoms with Crippen LogP contribution in [0.15, 0.2) is 57.7 Å². The lowest BCUT2D eigenvalue weighted by molar-refractivity contribution is -0.134. The number of ether oxygens (including phenoxy) is 1. The van der Waals surface area contributed by atoms with Crippen LogP contribution in [0.1, 0.15) is 16.8 Å². The molecule has 162 valence electrons. The molecule has 1 amide bonds. The summed E-state index contributed by atoms with van der Waals surface area (Å²) in [5.41, 5.74) is 4.69. The van der Waals surface area contributed by atoms with Gasteiger partial charge in [-0.15, -0.1) is 0 Å². The van der Waals surface area contributed by atoms with Crippen molar-refractivity contribution < 1.29 is 13.9 Å². The molecule has 4 aromatic rings. The Hall–Kier alpha value is -3.58. The maximum absolute atomic E-state index is 12.8. The van der Waals surface area contributed by atoms with Crippen molar-refractivity contribution in [3.63, 3.8) is 0 Å². The second kappa shape index (κ2) is 8.16. The third-order valence-electron chi connectivity index (χ3n) is 5.69. The molecule has 1 N–H and O–H groups in total. The summed E-state index contributed by atoms with van der Waals surface area (Å²) in [5.74, 6) is 0.354. The third-order valence-corrected chi connectivity index (χ3v) is 5.94. The van der Waals surface area contributed by atoms with Gasteiger partial charge in [-0.05, 0) is 36.8 Å². The number of amides is 1. The molecule has 0 unspecified atom stereocenters. The topological polar surface area (TPSA) is 88.4 Å². The van der Waals surface area contributed by atoms with E-state index in [9.17, 15) is 9.59 Å². The summed E-state index contributed by atoms with van der Waals surface area (Å²) < 4.78 is 11.0. The van der Waals surface area contributed by atoms with Gasteiger partial charge in [0, 0.05) is 58.9 Å². The minimum Gasteiger partial charge on any atom is -0.484 e. The Balaban J connectivity index is 1.30. The largest absolute Gasteiger partial charge is 0.484 e. The van der Waals surface area contributed by atoms with Gasteiger partial charge in [0.05, 0.1) is 5.69 Å². The van der Waals surface area contributed by atoms with E-state index in [-0.39, 0.29) is 12.5 Å². The van der Waals surface area contributed by atoms with E-state index in [0.717, 1.165) is 33.5 Å². The lowest BCUT2D eigenvalue weighted by atomic mass is 10.0. The van der Waals surface area contributed by atoms with Crippen LogP contribution in [0.25, 0.3) is 22.2 Å². The summed E-state index contributed by atoms with van der Waals surface area (Å²) >= 11 is 6.00. The molecular weight excluding hydrogens is 430 g/mol. The number of benzene rings is 2. The molecule has 8 heteroatoms.